The van der Waals surface area contributed by atoms with E-state index in [1.165, 1.54) is 10.8 Å². The molecule has 9 heteroatoms. The van der Waals surface area contributed by atoms with Crippen LogP contribution >= 0.6 is 0 Å². The van der Waals surface area contributed by atoms with Crippen molar-refractivity contribution in [3.8, 4) is 67.9 Å². The van der Waals surface area contributed by atoms with Gasteiger partial charge in [-0.05, 0) is 139 Å². The molecule has 6 heterocycles. The van der Waals surface area contributed by atoms with Crippen LogP contribution in [-0.2, 0) is 0 Å². The number of hydrogen-bond acceptors (Lipinski definition) is 9. The van der Waals surface area contributed by atoms with Gasteiger partial charge >= 0.3 is 0 Å². The lowest BCUT2D eigenvalue weighted by Gasteiger charge is -2.12. The summed E-state index contributed by atoms with van der Waals surface area (Å²) in [6.45, 7) is 0. The van der Waals surface area contributed by atoms with Gasteiger partial charge in [0.2, 0.25) is 0 Å². The molecule has 498 valence electrons. The number of nitrogens with zero attached hydrogens (tertiary/aromatic N) is 6. The molecule has 23 aromatic rings. The molecule has 0 fully saturated rings. The maximum Gasteiger partial charge on any atom is 0.160 e. The third-order valence-electron chi connectivity index (χ3n) is 20.7. The molecule has 0 aliphatic rings. The number of aromatic nitrogens is 6. The largest absolute Gasteiger partial charge is 0.456 e. The van der Waals surface area contributed by atoms with Gasteiger partial charge in [-0.15, -0.1) is 0 Å². The van der Waals surface area contributed by atoms with E-state index in [0.717, 1.165) is 210 Å². The minimum absolute atomic E-state index is 0.723. The maximum absolute atomic E-state index is 6.10. The van der Waals surface area contributed by atoms with E-state index < -0.39 is 0 Å². The Hall–Kier alpha value is -14.5. The summed E-state index contributed by atoms with van der Waals surface area (Å²) in [4.78, 5) is 30.4. The molecule has 0 radical (unpaired) electrons. The van der Waals surface area contributed by atoms with Crippen molar-refractivity contribution < 1.29 is 13.3 Å². The lowest BCUT2D eigenvalue weighted by molar-refractivity contribution is 0.669. The van der Waals surface area contributed by atoms with Gasteiger partial charge in [0.05, 0.1) is 33.6 Å². The van der Waals surface area contributed by atoms with Crippen LogP contribution in [0.15, 0.2) is 365 Å². The van der Waals surface area contributed by atoms with Crippen molar-refractivity contribution in [2.24, 2.45) is 0 Å². The van der Waals surface area contributed by atoms with Crippen LogP contribution in [0, 0.1) is 0 Å². The number of rotatable bonds is 6. The van der Waals surface area contributed by atoms with Crippen molar-refractivity contribution in [3.63, 3.8) is 0 Å². The summed E-state index contributed by atoms with van der Waals surface area (Å²) in [7, 11) is 0. The molecule has 0 bridgehead atoms. The zero-order valence-corrected chi connectivity index (χ0v) is 57.4. The van der Waals surface area contributed by atoms with Gasteiger partial charge in [-0.3, -0.25) is 0 Å². The Morgan fingerprint density at radius 2 is 0.523 bits per heavy atom. The number of benzene rings is 17. The van der Waals surface area contributed by atoms with Crippen molar-refractivity contribution in [2.45, 2.75) is 0 Å². The second kappa shape index (κ2) is 25.2. The van der Waals surface area contributed by atoms with Crippen LogP contribution in [0.5, 0.6) is 0 Å². The molecular formula is C98H58N6O3. The maximum atomic E-state index is 6.10. The first kappa shape index (κ1) is 61.2. The highest BCUT2D eigenvalue weighted by Crippen LogP contribution is 2.41. The van der Waals surface area contributed by atoms with Crippen molar-refractivity contribution in [1.82, 2.24) is 29.9 Å². The highest BCUT2D eigenvalue weighted by atomic mass is 16.3. The molecule has 0 N–H and O–H groups in total. The minimum Gasteiger partial charge on any atom is -0.456 e. The lowest BCUT2D eigenvalue weighted by Crippen LogP contribution is -1.96. The van der Waals surface area contributed by atoms with Crippen molar-refractivity contribution in [1.29, 1.82) is 0 Å². The monoisotopic (exact) mass is 1370 g/mol. The average molecular weight is 1370 g/mol. The second-order valence-corrected chi connectivity index (χ2v) is 27.2. The first-order chi connectivity index (χ1) is 53.0. The van der Waals surface area contributed by atoms with Crippen LogP contribution in [0.1, 0.15) is 0 Å². The Balaban J connectivity index is 0.000000103. The summed E-state index contributed by atoms with van der Waals surface area (Å²) in [6, 6.07) is 121. The van der Waals surface area contributed by atoms with Crippen LogP contribution in [0.3, 0.4) is 0 Å². The van der Waals surface area contributed by atoms with Crippen molar-refractivity contribution in [3.05, 3.63) is 352 Å². The van der Waals surface area contributed by atoms with Crippen LogP contribution in [-0.4, -0.2) is 29.9 Å². The first-order valence-corrected chi connectivity index (χ1v) is 35.9. The molecule has 23 rings (SSSR count). The van der Waals surface area contributed by atoms with E-state index in [1.54, 1.807) is 0 Å². The molecule has 17 aromatic carbocycles. The zero-order chi connectivity index (χ0) is 70.5. The van der Waals surface area contributed by atoms with E-state index in [4.69, 9.17) is 43.2 Å². The number of para-hydroxylation sites is 4. The zero-order valence-electron chi connectivity index (χ0n) is 57.4. The fourth-order valence-electron chi connectivity index (χ4n) is 15.5. The van der Waals surface area contributed by atoms with E-state index in [-0.39, 0.29) is 0 Å². The summed E-state index contributed by atoms with van der Waals surface area (Å²) in [5.41, 5.74) is 17.4. The molecule has 0 atom stereocenters. The smallest absolute Gasteiger partial charge is 0.160 e. The highest BCUT2D eigenvalue weighted by molar-refractivity contribution is 6.16. The van der Waals surface area contributed by atoms with E-state index in [2.05, 4.69) is 267 Å². The van der Waals surface area contributed by atoms with Crippen LogP contribution in [0.25, 0.3) is 220 Å². The number of fused-ring (bicyclic) bond motifs is 19. The minimum atomic E-state index is 0.723. The normalized spacial score (nSPS) is 11.7. The van der Waals surface area contributed by atoms with Crippen LogP contribution in [0.4, 0.5) is 0 Å². The Morgan fingerprint density at radius 3 is 1.02 bits per heavy atom. The lowest BCUT2D eigenvalue weighted by atomic mass is 9.99. The molecule has 0 aliphatic heterocycles. The third-order valence-corrected chi connectivity index (χ3v) is 20.7. The summed E-state index contributed by atoms with van der Waals surface area (Å²) in [6.07, 6.45) is 0. The standard InChI is InChI=1S/2C34H20N2O.C30H18N2O/c1-2-9-22(10-3-1)33-32-26-11-5-4-8-21(26)16-17-29(32)35-34(36-33)24-15-14-23-20-31-28(19-25(23)18-24)27-12-6-7-13-30(27)37-31;1-2-9-22(10-3-1)32-28-17-16-21-8-4-5-11-26(21)33(28)36-34(35-32)24-15-14-23-20-31-29(19-25(23)18-24)27-12-6-7-13-30(27)37-31;1-2-8-19(9-3-1)29-24-11-4-6-12-26(24)31-30(32-29)21-15-14-20-18-28-25(17-22(20)16-21)23-10-5-7-13-27(23)33-28/h2*1-20H;1-18H. The molecule has 0 saturated carbocycles. The molecule has 0 saturated heterocycles. The van der Waals surface area contributed by atoms with Gasteiger partial charge < -0.3 is 13.3 Å². The molecule has 0 unspecified atom stereocenters. The SMILES string of the molecule is c1ccc(-c2nc(-c3ccc4cc5oc6ccccc6c5cc4c3)nc3c2ccc2ccccc23)cc1.c1ccc(-c2nc(-c3ccc4cc5oc6ccccc6c5cc4c3)nc3ccc4ccccc4c23)cc1.c1ccc(-c2nc(-c3ccc4cc5oc6ccccc6c5cc4c3)nc3ccccc23)cc1. The van der Waals surface area contributed by atoms with Gasteiger partial charge in [0, 0.05) is 87.2 Å². The fraction of sp³-hybridized carbons (Fsp3) is 0. The van der Waals surface area contributed by atoms with Gasteiger partial charge in [0.25, 0.3) is 0 Å². The van der Waals surface area contributed by atoms with E-state index >= 15 is 0 Å². The first-order valence-electron chi connectivity index (χ1n) is 35.9. The van der Waals surface area contributed by atoms with E-state index in [9.17, 15) is 0 Å². The van der Waals surface area contributed by atoms with Gasteiger partial charge in [-0.2, -0.15) is 0 Å². The van der Waals surface area contributed by atoms with Gasteiger partial charge in [-0.25, -0.2) is 29.9 Å². The Morgan fingerprint density at radius 1 is 0.168 bits per heavy atom. The summed E-state index contributed by atoms with van der Waals surface area (Å²) in [5, 5.41) is 21.4. The molecular weight excluding hydrogens is 1310 g/mol. The highest BCUT2D eigenvalue weighted by Gasteiger charge is 2.20. The molecule has 0 aliphatic carbocycles. The van der Waals surface area contributed by atoms with Gasteiger partial charge in [-0.1, -0.05) is 261 Å². The molecule has 6 aromatic heterocycles. The summed E-state index contributed by atoms with van der Waals surface area (Å²) < 4.78 is 18.3. The second-order valence-electron chi connectivity index (χ2n) is 27.2. The number of furan rings is 3. The predicted octanol–water partition coefficient (Wildman–Crippen LogP) is 26.4. The molecule has 9 nitrogen and oxygen atoms in total. The average Bonchev–Trinajstić information content (AvgIpc) is 0.809. The third kappa shape index (κ3) is 10.8. The van der Waals surface area contributed by atoms with Crippen LogP contribution < -0.4 is 0 Å². The number of hydrogen-bond donors (Lipinski definition) is 0. The van der Waals surface area contributed by atoms with Crippen molar-refractivity contribution in [2.75, 3.05) is 0 Å². The van der Waals surface area contributed by atoms with Crippen molar-refractivity contribution >= 4 is 152 Å². The Labute approximate surface area is 611 Å². The molecule has 0 spiro atoms. The molecule has 0 amide bonds. The topological polar surface area (TPSA) is 117 Å². The fourth-order valence-corrected chi connectivity index (χ4v) is 15.5. The summed E-state index contributed by atoms with van der Waals surface area (Å²) in [5.74, 6) is 2.18. The van der Waals surface area contributed by atoms with Gasteiger partial charge in [0.1, 0.15) is 33.5 Å². The molecule has 107 heavy (non-hydrogen) atoms. The summed E-state index contributed by atoms with van der Waals surface area (Å²) >= 11 is 0. The predicted molar refractivity (Wildman–Crippen MR) is 441 cm³/mol. The van der Waals surface area contributed by atoms with E-state index in [1.807, 2.05) is 84.9 Å². The van der Waals surface area contributed by atoms with Gasteiger partial charge in [0.15, 0.2) is 17.5 Å². The Bertz CT molecular complexity index is 7520. The van der Waals surface area contributed by atoms with Crippen LogP contribution in [0.2, 0.25) is 0 Å². The van der Waals surface area contributed by atoms with E-state index in [0.29, 0.717) is 0 Å². The quantitative estimate of drug-likeness (QED) is 0.150. The Kier molecular flexibility index (Phi) is 14.4.